The van der Waals surface area contributed by atoms with Crippen LogP contribution in [0.3, 0.4) is 0 Å². The number of piperidine rings is 1. The van der Waals surface area contributed by atoms with Gasteiger partial charge in [0.15, 0.2) is 5.76 Å². The average molecular weight is 318 g/mol. The Labute approximate surface area is 137 Å². The smallest absolute Gasteiger partial charge is 0.289 e. The zero-order valence-electron chi connectivity index (χ0n) is 13.7. The molecule has 1 aromatic heterocycles. The molecule has 0 unspecified atom stereocenters. The molecule has 0 bridgehead atoms. The first kappa shape index (κ1) is 15.2. The van der Waals surface area contributed by atoms with Crippen molar-refractivity contribution in [1.82, 2.24) is 9.80 Å². The van der Waals surface area contributed by atoms with E-state index in [1.165, 1.54) is 38.8 Å². The number of furan rings is 1. The van der Waals surface area contributed by atoms with E-state index in [1.807, 2.05) is 4.90 Å². The Morgan fingerprint density at radius 3 is 2.87 bits per heavy atom. The van der Waals surface area contributed by atoms with Gasteiger partial charge in [0.25, 0.3) is 5.91 Å². The normalized spacial score (nSPS) is 29.7. The molecule has 0 spiro atoms. The Kier molecular flexibility index (Phi) is 4.40. The number of ether oxygens (including phenoxy) is 1. The van der Waals surface area contributed by atoms with Gasteiger partial charge < -0.3 is 14.1 Å². The molecule has 2 atom stereocenters. The number of carbonyl (C=O) groups excluding carboxylic acids is 1. The van der Waals surface area contributed by atoms with E-state index in [0.717, 1.165) is 32.2 Å². The SMILES string of the molecule is O=C(c1ccco1)N1C[C@H]2CCCN(CC3CCOCC3)[C@H]2C1. The fourth-order valence-electron chi connectivity index (χ4n) is 4.48. The average Bonchev–Trinajstić information content (AvgIpc) is 3.25. The zero-order chi connectivity index (χ0) is 15.6. The maximum atomic E-state index is 12.5. The summed E-state index contributed by atoms with van der Waals surface area (Å²) in [4.78, 5) is 17.2. The summed E-state index contributed by atoms with van der Waals surface area (Å²) in [6.07, 6.45) is 6.45. The van der Waals surface area contributed by atoms with Crippen molar-refractivity contribution in [3.05, 3.63) is 24.2 Å². The second-order valence-corrected chi connectivity index (χ2v) is 7.21. The Balaban J connectivity index is 1.40. The monoisotopic (exact) mass is 318 g/mol. The van der Waals surface area contributed by atoms with Gasteiger partial charge in [-0.05, 0) is 56.2 Å². The summed E-state index contributed by atoms with van der Waals surface area (Å²) in [5.41, 5.74) is 0. The summed E-state index contributed by atoms with van der Waals surface area (Å²) in [7, 11) is 0. The van der Waals surface area contributed by atoms with Crippen LogP contribution >= 0.6 is 0 Å². The van der Waals surface area contributed by atoms with E-state index in [0.29, 0.717) is 17.7 Å². The van der Waals surface area contributed by atoms with Gasteiger partial charge in [0, 0.05) is 38.9 Å². The van der Waals surface area contributed by atoms with E-state index >= 15 is 0 Å². The van der Waals surface area contributed by atoms with Crippen molar-refractivity contribution < 1.29 is 13.9 Å². The standard InChI is InChI=1S/C18H26N2O3/c21-18(17-4-2-8-23-17)20-12-15-3-1-7-19(16(15)13-20)11-14-5-9-22-10-6-14/h2,4,8,14-16H,1,3,5-7,9-13H2/t15-,16+/m1/s1. The van der Waals surface area contributed by atoms with Crippen LogP contribution in [-0.2, 0) is 4.74 Å². The van der Waals surface area contributed by atoms with Crippen LogP contribution < -0.4 is 0 Å². The number of hydrogen-bond donors (Lipinski definition) is 0. The van der Waals surface area contributed by atoms with Gasteiger partial charge in [-0.2, -0.15) is 0 Å². The van der Waals surface area contributed by atoms with Gasteiger partial charge >= 0.3 is 0 Å². The van der Waals surface area contributed by atoms with Gasteiger partial charge in [-0.15, -0.1) is 0 Å². The van der Waals surface area contributed by atoms with Crippen LogP contribution in [0.1, 0.15) is 36.2 Å². The van der Waals surface area contributed by atoms with Crippen LogP contribution in [0.15, 0.2) is 22.8 Å². The highest BCUT2D eigenvalue weighted by molar-refractivity contribution is 5.91. The van der Waals surface area contributed by atoms with Crippen LogP contribution in [0.4, 0.5) is 0 Å². The predicted molar refractivity (Wildman–Crippen MR) is 86.2 cm³/mol. The molecule has 0 aliphatic carbocycles. The first-order chi connectivity index (χ1) is 11.3. The minimum Gasteiger partial charge on any atom is -0.459 e. The maximum absolute atomic E-state index is 12.5. The molecule has 126 valence electrons. The van der Waals surface area contributed by atoms with Crippen molar-refractivity contribution in [3.63, 3.8) is 0 Å². The van der Waals surface area contributed by atoms with Crippen molar-refractivity contribution in [3.8, 4) is 0 Å². The van der Waals surface area contributed by atoms with Crippen molar-refractivity contribution in [1.29, 1.82) is 0 Å². The Morgan fingerprint density at radius 2 is 2.09 bits per heavy atom. The van der Waals surface area contributed by atoms with Crippen LogP contribution in [0.2, 0.25) is 0 Å². The molecular weight excluding hydrogens is 292 g/mol. The van der Waals surface area contributed by atoms with Crippen molar-refractivity contribution in [2.45, 2.75) is 31.7 Å². The summed E-state index contributed by atoms with van der Waals surface area (Å²) in [5.74, 6) is 1.91. The number of nitrogens with zero attached hydrogens (tertiary/aromatic N) is 2. The molecule has 4 heterocycles. The molecule has 3 saturated heterocycles. The topological polar surface area (TPSA) is 45.9 Å². The van der Waals surface area contributed by atoms with Gasteiger partial charge in [-0.3, -0.25) is 9.69 Å². The lowest BCUT2D eigenvalue weighted by Crippen LogP contribution is -2.47. The third-order valence-electron chi connectivity index (χ3n) is 5.75. The van der Waals surface area contributed by atoms with Crippen LogP contribution in [0.25, 0.3) is 0 Å². The van der Waals surface area contributed by atoms with Crippen molar-refractivity contribution in [2.24, 2.45) is 11.8 Å². The third kappa shape index (κ3) is 3.17. The van der Waals surface area contributed by atoms with Gasteiger partial charge in [0.2, 0.25) is 0 Å². The van der Waals surface area contributed by atoms with E-state index in [2.05, 4.69) is 4.90 Å². The molecule has 0 aromatic carbocycles. The number of amides is 1. The van der Waals surface area contributed by atoms with Crippen LogP contribution in [0, 0.1) is 11.8 Å². The fourth-order valence-corrected chi connectivity index (χ4v) is 4.48. The summed E-state index contributed by atoms with van der Waals surface area (Å²) in [5, 5.41) is 0. The van der Waals surface area contributed by atoms with E-state index in [9.17, 15) is 4.79 Å². The van der Waals surface area contributed by atoms with Gasteiger partial charge in [-0.1, -0.05) is 0 Å². The molecule has 3 fully saturated rings. The molecule has 3 aliphatic rings. The van der Waals surface area contributed by atoms with E-state index in [-0.39, 0.29) is 5.91 Å². The number of fused-ring (bicyclic) bond motifs is 1. The molecule has 0 N–H and O–H groups in total. The first-order valence-corrected chi connectivity index (χ1v) is 8.96. The van der Waals surface area contributed by atoms with E-state index < -0.39 is 0 Å². The highest BCUT2D eigenvalue weighted by Gasteiger charge is 2.41. The van der Waals surface area contributed by atoms with E-state index in [1.54, 1.807) is 18.4 Å². The molecule has 3 aliphatic heterocycles. The highest BCUT2D eigenvalue weighted by atomic mass is 16.5. The van der Waals surface area contributed by atoms with Crippen LogP contribution in [0.5, 0.6) is 0 Å². The molecular formula is C18H26N2O3. The Morgan fingerprint density at radius 1 is 1.22 bits per heavy atom. The minimum atomic E-state index is 0.0513. The first-order valence-electron chi connectivity index (χ1n) is 8.96. The van der Waals surface area contributed by atoms with Gasteiger partial charge in [-0.25, -0.2) is 0 Å². The quantitative estimate of drug-likeness (QED) is 0.857. The number of hydrogen-bond acceptors (Lipinski definition) is 4. The number of likely N-dealkylation sites (tertiary alicyclic amines) is 2. The van der Waals surface area contributed by atoms with Crippen LogP contribution in [-0.4, -0.2) is 61.1 Å². The van der Waals surface area contributed by atoms with Crippen molar-refractivity contribution in [2.75, 3.05) is 39.4 Å². The molecule has 0 radical (unpaired) electrons. The maximum Gasteiger partial charge on any atom is 0.289 e. The molecule has 23 heavy (non-hydrogen) atoms. The number of carbonyl (C=O) groups is 1. The Bertz CT molecular complexity index is 524. The molecule has 4 rings (SSSR count). The molecule has 1 aromatic rings. The van der Waals surface area contributed by atoms with Gasteiger partial charge in [0.1, 0.15) is 0 Å². The Hall–Kier alpha value is -1.33. The second-order valence-electron chi connectivity index (χ2n) is 7.21. The highest BCUT2D eigenvalue weighted by Crippen LogP contribution is 2.32. The van der Waals surface area contributed by atoms with E-state index in [4.69, 9.17) is 9.15 Å². The minimum absolute atomic E-state index is 0.0513. The summed E-state index contributed by atoms with van der Waals surface area (Å²) in [6, 6.07) is 4.09. The zero-order valence-corrected chi connectivity index (χ0v) is 13.7. The van der Waals surface area contributed by atoms with Crippen molar-refractivity contribution >= 4 is 5.91 Å². The molecule has 0 saturated carbocycles. The number of rotatable bonds is 3. The third-order valence-corrected chi connectivity index (χ3v) is 5.75. The molecule has 5 heteroatoms. The molecule has 5 nitrogen and oxygen atoms in total. The summed E-state index contributed by atoms with van der Waals surface area (Å²) in [6.45, 7) is 5.92. The lowest BCUT2D eigenvalue weighted by molar-refractivity contribution is 0.0339. The lowest BCUT2D eigenvalue weighted by Gasteiger charge is -2.39. The fraction of sp³-hybridized carbons (Fsp3) is 0.722. The summed E-state index contributed by atoms with van der Waals surface area (Å²) < 4.78 is 10.8. The predicted octanol–water partition coefficient (Wildman–Crippen LogP) is 2.24. The largest absolute Gasteiger partial charge is 0.459 e. The summed E-state index contributed by atoms with van der Waals surface area (Å²) >= 11 is 0. The second kappa shape index (κ2) is 6.65. The molecule has 1 amide bonds. The lowest BCUT2D eigenvalue weighted by atomic mass is 9.90. The van der Waals surface area contributed by atoms with Gasteiger partial charge in [0.05, 0.1) is 6.26 Å².